The third-order valence-corrected chi connectivity index (χ3v) is 6.26. The summed E-state index contributed by atoms with van der Waals surface area (Å²) in [6.45, 7) is 4.76. The highest BCUT2D eigenvalue weighted by Crippen LogP contribution is 2.44. The van der Waals surface area contributed by atoms with E-state index in [1.807, 2.05) is 13.8 Å². The number of aliphatic hydroxyl groups is 1. The smallest absolute Gasteiger partial charge is 0.300 e. The van der Waals surface area contributed by atoms with Gasteiger partial charge in [-0.15, -0.1) is 0 Å². The van der Waals surface area contributed by atoms with Crippen molar-refractivity contribution in [1.29, 1.82) is 0 Å². The van der Waals surface area contributed by atoms with E-state index >= 15 is 0 Å². The van der Waals surface area contributed by atoms with E-state index in [9.17, 15) is 14.7 Å². The van der Waals surface area contributed by atoms with E-state index in [2.05, 4.69) is 0 Å². The maximum atomic E-state index is 13.5. The van der Waals surface area contributed by atoms with Gasteiger partial charge in [0.2, 0.25) is 0 Å². The van der Waals surface area contributed by atoms with Crippen LogP contribution in [0.1, 0.15) is 37.4 Å². The van der Waals surface area contributed by atoms with Gasteiger partial charge in [0, 0.05) is 17.3 Å². The monoisotopic (exact) mass is 521 g/mol. The second-order valence-corrected chi connectivity index (χ2v) is 8.77. The minimum atomic E-state index is -0.941. The van der Waals surface area contributed by atoms with Gasteiger partial charge in [0.1, 0.15) is 23.0 Å². The van der Waals surface area contributed by atoms with Crippen LogP contribution in [0.25, 0.3) is 5.76 Å². The standard InChI is InChI=1S/C29H28ClNO6/c1-4-14-37-21-11-6-8-18(15-21)26-25(27(32)23-17-22(36-5-2)12-13-24(23)30)28(33)29(34)31(26)19-9-7-10-20(16-19)35-3/h6-13,15-17,26,32H,4-5,14H2,1-3H3/b27-25+. The first-order chi connectivity index (χ1) is 17.9. The number of anilines is 1. The first-order valence-corrected chi connectivity index (χ1v) is 12.4. The molecule has 37 heavy (non-hydrogen) atoms. The highest BCUT2D eigenvalue weighted by Gasteiger charge is 2.47. The normalized spacial score (nSPS) is 16.6. The van der Waals surface area contributed by atoms with Crippen LogP contribution in [-0.2, 0) is 9.59 Å². The molecule has 0 radical (unpaired) electrons. The summed E-state index contributed by atoms with van der Waals surface area (Å²) in [5.41, 5.74) is 1.14. The number of hydrogen-bond donors (Lipinski definition) is 1. The Morgan fingerprint density at radius 3 is 2.41 bits per heavy atom. The van der Waals surface area contributed by atoms with E-state index in [1.165, 1.54) is 12.0 Å². The van der Waals surface area contributed by atoms with Crippen LogP contribution >= 0.6 is 11.6 Å². The highest BCUT2D eigenvalue weighted by molar-refractivity contribution is 6.52. The maximum absolute atomic E-state index is 13.5. The Morgan fingerprint density at radius 2 is 1.68 bits per heavy atom. The van der Waals surface area contributed by atoms with Crippen molar-refractivity contribution >= 4 is 34.7 Å². The van der Waals surface area contributed by atoms with Crippen molar-refractivity contribution in [2.75, 3.05) is 25.2 Å². The molecule has 1 saturated heterocycles. The van der Waals surface area contributed by atoms with E-state index in [0.717, 1.165) is 6.42 Å². The fourth-order valence-corrected chi connectivity index (χ4v) is 4.46. The molecule has 0 spiro atoms. The van der Waals surface area contributed by atoms with Gasteiger partial charge >= 0.3 is 0 Å². The Kier molecular flexibility index (Phi) is 8.04. The number of carbonyl (C=O) groups is 2. The van der Waals surface area contributed by atoms with Crippen LogP contribution in [0.3, 0.4) is 0 Å². The minimum Gasteiger partial charge on any atom is -0.507 e. The zero-order chi connectivity index (χ0) is 26.5. The number of amides is 1. The second-order valence-electron chi connectivity index (χ2n) is 8.37. The maximum Gasteiger partial charge on any atom is 0.300 e. The number of nitrogens with zero attached hydrogens (tertiary/aromatic N) is 1. The largest absolute Gasteiger partial charge is 0.507 e. The lowest BCUT2D eigenvalue weighted by atomic mass is 9.94. The minimum absolute atomic E-state index is 0.0870. The number of benzene rings is 3. The zero-order valence-corrected chi connectivity index (χ0v) is 21.6. The van der Waals surface area contributed by atoms with E-state index < -0.39 is 17.7 Å². The molecule has 1 aliphatic rings. The topological polar surface area (TPSA) is 85.3 Å². The summed E-state index contributed by atoms with van der Waals surface area (Å²) in [5, 5.41) is 11.7. The highest BCUT2D eigenvalue weighted by atomic mass is 35.5. The van der Waals surface area contributed by atoms with Crippen molar-refractivity contribution in [3.05, 3.63) is 88.5 Å². The summed E-state index contributed by atoms with van der Waals surface area (Å²) in [6.07, 6.45) is 0.821. The SMILES string of the molecule is CCCOc1cccc(C2/C(=C(\O)c3cc(OCC)ccc3Cl)C(=O)C(=O)N2c2cccc(OC)c2)c1. The lowest BCUT2D eigenvalue weighted by Crippen LogP contribution is -2.29. The van der Waals surface area contributed by atoms with E-state index in [4.69, 9.17) is 25.8 Å². The summed E-state index contributed by atoms with van der Waals surface area (Å²) in [5.74, 6) is -0.417. The molecule has 0 aromatic heterocycles. The first-order valence-electron chi connectivity index (χ1n) is 12.0. The molecule has 0 aliphatic carbocycles. The Morgan fingerprint density at radius 1 is 0.946 bits per heavy atom. The van der Waals surface area contributed by atoms with Crippen LogP contribution in [0.5, 0.6) is 17.2 Å². The molecule has 0 saturated carbocycles. The summed E-state index contributed by atoms with van der Waals surface area (Å²) in [7, 11) is 1.52. The lowest BCUT2D eigenvalue weighted by molar-refractivity contribution is -0.132. The van der Waals surface area contributed by atoms with Crippen LogP contribution < -0.4 is 19.1 Å². The van der Waals surface area contributed by atoms with Crippen molar-refractivity contribution in [1.82, 2.24) is 0 Å². The first kappa shape index (κ1) is 26.1. The fourth-order valence-electron chi connectivity index (χ4n) is 4.26. The van der Waals surface area contributed by atoms with E-state index in [0.29, 0.717) is 41.7 Å². The van der Waals surface area contributed by atoms with Gasteiger partial charge in [-0.1, -0.05) is 36.7 Å². The quantitative estimate of drug-likeness (QED) is 0.206. The van der Waals surface area contributed by atoms with Crippen molar-refractivity contribution in [3.63, 3.8) is 0 Å². The molecule has 0 bridgehead atoms. The summed E-state index contributed by atoms with van der Waals surface area (Å²) in [6, 6.07) is 17.9. The number of ether oxygens (including phenoxy) is 3. The van der Waals surface area contributed by atoms with E-state index in [1.54, 1.807) is 66.7 Å². The van der Waals surface area contributed by atoms with Gasteiger partial charge in [-0.05, 0) is 61.4 Å². The predicted molar refractivity (Wildman–Crippen MR) is 143 cm³/mol. The molecule has 1 unspecified atom stereocenters. The number of methoxy groups -OCH3 is 1. The van der Waals surface area contributed by atoms with Gasteiger partial charge in [0.15, 0.2) is 0 Å². The number of hydrogen-bond acceptors (Lipinski definition) is 6. The third-order valence-electron chi connectivity index (χ3n) is 5.93. The lowest BCUT2D eigenvalue weighted by Gasteiger charge is -2.26. The molecule has 192 valence electrons. The molecule has 1 fully saturated rings. The molecule has 1 atom stereocenters. The molecule has 1 N–H and O–H groups in total. The molecule has 3 aromatic rings. The van der Waals surface area contributed by atoms with E-state index in [-0.39, 0.29) is 21.9 Å². The van der Waals surface area contributed by atoms with Gasteiger partial charge < -0.3 is 19.3 Å². The summed E-state index contributed by atoms with van der Waals surface area (Å²) in [4.78, 5) is 28.3. The summed E-state index contributed by atoms with van der Waals surface area (Å²) < 4.78 is 16.7. The van der Waals surface area contributed by atoms with Crippen molar-refractivity contribution in [2.24, 2.45) is 0 Å². The van der Waals surface area contributed by atoms with Crippen molar-refractivity contribution in [2.45, 2.75) is 26.3 Å². The number of halogens is 1. The van der Waals surface area contributed by atoms with Crippen LogP contribution in [0.2, 0.25) is 5.02 Å². The molecule has 8 heteroatoms. The molecule has 1 aliphatic heterocycles. The molecule has 1 heterocycles. The zero-order valence-electron chi connectivity index (χ0n) is 20.9. The van der Waals surface area contributed by atoms with Crippen LogP contribution in [0.15, 0.2) is 72.3 Å². The van der Waals surface area contributed by atoms with Gasteiger partial charge in [0.25, 0.3) is 11.7 Å². The van der Waals surface area contributed by atoms with Crippen LogP contribution in [0, 0.1) is 0 Å². The van der Waals surface area contributed by atoms with Gasteiger partial charge in [-0.3, -0.25) is 14.5 Å². The third kappa shape index (κ3) is 5.27. The predicted octanol–water partition coefficient (Wildman–Crippen LogP) is 6.16. The van der Waals surface area contributed by atoms with Crippen molar-refractivity contribution < 1.29 is 28.9 Å². The Labute approximate surface area is 220 Å². The average molecular weight is 522 g/mol. The Hall–Kier alpha value is -3.97. The van der Waals surface area contributed by atoms with Gasteiger partial charge in [0.05, 0.1) is 37.0 Å². The Balaban J connectivity index is 1.94. The van der Waals surface area contributed by atoms with Crippen LogP contribution in [0.4, 0.5) is 5.69 Å². The second kappa shape index (κ2) is 11.4. The Bertz CT molecular complexity index is 1350. The number of aliphatic hydroxyl groups excluding tert-OH is 1. The van der Waals surface area contributed by atoms with Crippen LogP contribution in [-0.4, -0.2) is 37.1 Å². The average Bonchev–Trinajstić information content (AvgIpc) is 3.18. The summed E-state index contributed by atoms with van der Waals surface area (Å²) >= 11 is 6.43. The number of rotatable bonds is 9. The molecular weight excluding hydrogens is 494 g/mol. The molecule has 4 rings (SSSR count). The molecule has 3 aromatic carbocycles. The van der Waals surface area contributed by atoms with Gasteiger partial charge in [-0.2, -0.15) is 0 Å². The molecular formula is C29H28ClNO6. The number of Topliss-reactive ketones (excluding diaryl/α,β-unsaturated/α-hetero) is 1. The van der Waals surface area contributed by atoms with Gasteiger partial charge in [-0.25, -0.2) is 0 Å². The fraction of sp³-hybridized carbons (Fsp3) is 0.241. The molecule has 1 amide bonds. The van der Waals surface area contributed by atoms with Crippen molar-refractivity contribution in [3.8, 4) is 17.2 Å². The molecule has 7 nitrogen and oxygen atoms in total. The number of carbonyl (C=O) groups excluding carboxylic acids is 2. The number of ketones is 1.